The van der Waals surface area contributed by atoms with E-state index in [0.29, 0.717) is 0 Å². The third-order valence-corrected chi connectivity index (χ3v) is 2.32. The Morgan fingerprint density at radius 1 is 1.44 bits per heavy atom. The first-order valence-electron chi connectivity index (χ1n) is 4.77. The lowest BCUT2D eigenvalue weighted by molar-refractivity contribution is -0.131. The molecule has 2 rings (SSSR count). The van der Waals surface area contributed by atoms with Gasteiger partial charge in [-0.1, -0.05) is 6.07 Å². The molecule has 1 N–H and O–H groups in total. The summed E-state index contributed by atoms with van der Waals surface area (Å²) in [5.74, 6) is -0.190. The zero-order valence-corrected chi connectivity index (χ0v) is 8.75. The topological polar surface area (TPSA) is 51.5 Å². The van der Waals surface area contributed by atoms with Gasteiger partial charge in [-0.15, -0.1) is 0 Å². The van der Waals surface area contributed by atoms with E-state index < -0.39 is 5.97 Å². The molecule has 4 nitrogen and oxygen atoms in total. The number of aliphatic carboxylic acids is 1. The van der Waals surface area contributed by atoms with Crippen molar-refractivity contribution in [1.82, 2.24) is 4.57 Å². The summed E-state index contributed by atoms with van der Waals surface area (Å²) < 4.78 is 6.95. The van der Waals surface area contributed by atoms with E-state index in [4.69, 9.17) is 9.84 Å². The second kappa shape index (κ2) is 4.10. The highest BCUT2D eigenvalue weighted by molar-refractivity contribution is 5.89. The van der Waals surface area contributed by atoms with Crippen LogP contribution in [0.5, 0.6) is 5.75 Å². The molecule has 0 bridgehead atoms. The van der Waals surface area contributed by atoms with Crippen molar-refractivity contribution in [1.29, 1.82) is 0 Å². The maximum Gasteiger partial charge on any atom is 0.329 e. The lowest BCUT2D eigenvalue weighted by atomic mass is 10.2. The molecular weight excluding hydrogens is 206 g/mol. The largest absolute Gasteiger partial charge is 0.496 e. The number of carboxylic acids is 1. The maximum atomic E-state index is 10.4. The Bertz CT molecular complexity index is 554. The van der Waals surface area contributed by atoms with Crippen molar-refractivity contribution in [3.05, 3.63) is 36.5 Å². The highest BCUT2D eigenvalue weighted by Gasteiger charge is 2.03. The van der Waals surface area contributed by atoms with E-state index in [1.54, 1.807) is 17.9 Å². The number of carboxylic acid groups (broad SMARTS) is 1. The van der Waals surface area contributed by atoms with Crippen molar-refractivity contribution in [2.75, 3.05) is 7.11 Å². The Labute approximate surface area is 92.4 Å². The number of nitrogens with zero attached hydrogens (tertiary/aromatic N) is 1. The molecule has 0 amide bonds. The highest BCUT2D eigenvalue weighted by Crippen LogP contribution is 2.26. The molecule has 0 saturated carbocycles. The summed E-state index contributed by atoms with van der Waals surface area (Å²) in [5, 5.41) is 9.52. The number of hydrogen-bond acceptors (Lipinski definition) is 2. The molecule has 0 saturated heterocycles. The molecule has 0 radical (unpaired) electrons. The number of carbonyl (C=O) groups is 1. The minimum atomic E-state index is -0.968. The molecule has 0 aliphatic rings. The van der Waals surface area contributed by atoms with Gasteiger partial charge in [-0.2, -0.15) is 0 Å². The molecule has 82 valence electrons. The molecule has 0 spiro atoms. The van der Waals surface area contributed by atoms with Gasteiger partial charge in [-0.3, -0.25) is 0 Å². The first-order chi connectivity index (χ1) is 7.72. The Morgan fingerprint density at radius 2 is 2.25 bits per heavy atom. The van der Waals surface area contributed by atoms with Crippen LogP contribution in [0, 0.1) is 0 Å². The molecule has 0 fully saturated rings. The summed E-state index contributed by atoms with van der Waals surface area (Å²) in [6.45, 7) is 0. The van der Waals surface area contributed by atoms with Crippen molar-refractivity contribution in [2.24, 2.45) is 0 Å². The summed E-state index contributed by atoms with van der Waals surface area (Å²) in [6, 6.07) is 7.53. The van der Waals surface area contributed by atoms with Crippen LogP contribution in [-0.2, 0) is 4.79 Å². The number of aromatic nitrogens is 1. The van der Waals surface area contributed by atoms with Gasteiger partial charge < -0.3 is 14.4 Å². The molecule has 1 aromatic heterocycles. The third kappa shape index (κ3) is 1.77. The average Bonchev–Trinajstić information content (AvgIpc) is 2.69. The van der Waals surface area contributed by atoms with Gasteiger partial charge in [0, 0.05) is 23.9 Å². The number of ether oxygens (including phenoxy) is 1. The van der Waals surface area contributed by atoms with Crippen LogP contribution in [-0.4, -0.2) is 22.8 Å². The monoisotopic (exact) mass is 217 g/mol. The first kappa shape index (κ1) is 10.3. The summed E-state index contributed by atoms with van der Waals surface area (Å²) >= 11 is 0. The number of fused-ring (bicyclic) bond motifs is 1. The molecule has 1 heterocycles. The van der Waals surface area contributed by atoms with Crippen molar-refractivity contribution >= 4 is 23.1 Å². The molecule has 1 aromatic carbocycles. The van der Waals surface area contributed by atoms with Crippen LogP contribution >= 0.6 is 0 Å². The van der Waals surface area contributed by atoms with Gasteiger partial charge in [-0.25, -0.2) is 4.79 Å². The van der Waals surface area contributed by atoms with Gasteiger partial charge in [0.15, 0.2) is 0 Å². The summed E-state index contributed by atoms with van der Waals surface area (Å²) in [4.78, 5) is 10.4. The fraction of sp³-hybridized carbons (Fsp3) is 0.0833. The molecule has 2 aromatic rings. The Hall–Kier alpha value is -2.23. The zero-order valence-electron chi connectivity index (χ0n) is 8.75. The summed E-state index contributed by atoms with van der Waals surface area (Å²) in [7, 11) is 1.61. The Balaban J connectivity index is 2.53. The fourth-order valence-electron chi connectivity index (χ4n) is 1.61. The zero-order chi connectivity index (χ0) is 11.5. The van der Waals surface area contributed by atoms with E-state index >= 15 is 0 Å². The van der Waals surface area contributed by atoms with Crippen molar-refractivity contribution in [3.63, 3.8) is 0 Å². The summed E-state index contributed by atoms with van der Waals surface area (Å²) in [5.41, 5.74) is 0.914. The van der Waals surface area contributed by atoms with Gasteiger partial charge in [0.1, 0.15) is 5.75 Å². The van der Waals surface area contributed by atoms with Crippen molar-refractivity contribution in [3.8, 4) is 5.75 Å². The lowest BCUT2D eigenvalue weighted by Crippen LogP contribution is -1.90. The minimum Gasteiger partial charge on any atom is -0.496 e. The molecule has 0 unspecified atom stereocenters. The smallest absolute Gasteiger partial charge is 0.329 e. The van der Waals surface area contributed by atoms with Crippen LogP contribution in [0.25, 0.3) is 17.1 Å². The predicted molar refractivity (Wildman–Crippen MR) is 61.5 cm³/mol. The van der Waals surface area contributed by atoms with Crippen LogP contribution in [0.15, 0.2) is 36.5 Å². The van der Waals surface area contributed by atoms with Gasteiger partial charge in [0.25, 0.3) is 0 Å². The fourth-order valence-corrected chi connectivity index (χ4v) is 1.61. The van der Waals surface area contributed by atoms with Crippen LogP contribution in [0.3, 0.4) is 0 Å². The first-order valence-corrected chi connectivity index (χ1v) is 4.77. The van der Waals surface area contributed by atoms with E-state index in [2.05, 4.69) is 0 Å². The quantitative estimate of drug-likeness (QED) is 0.802. The van der Waals surface area contributed by atoms with Gasteiger partial charge in [0.2, 0.25) is 0 Å². The lowest BCUT2D eigenvalue weighted by Gasteiger charge is -2.02. The Kier molecular flexibility index (Phi) is 2.64. The second-order valence-electron chi connectivity index (χ2n) is 3.27. The highest BCUT2D eigenvalue weighted by atomic mass is 16.5. The number of benzene rings is 1. The van der Waals surface area contributed by atoms with E-state index in [0.717, 1.165) is 22.7 Å². The molecule has 4 heteroatoms. The van der Waals surface area contributed by atoms with Crippen LogP contribution in [0.4, 0.5) is 0 Å². The molecule has 16 heavy (non-hydrogen) atoms. The van der Waals surface area contributed by atoms with Crippen LogP contribution < -0.4 is 4.74 Å². The maximum absolute atomic E-state index is 10.4. The van der Waals surface area contributed by atoms with E-state index in [1.165, 1.54) is 6.20 Å². The van der Waals surface area contributed by atoms with Gasteiger partial charge >= 0.3 is 5.97 Å². The number of hydrogen-bond donors (Lipinski definition) is 1. The normalized spacial score (nSPS) is 11.1. The van der Waals surface area contributed by atoms with Gasteiger partial charge in [0.05, 0.1) is 12.6 Å². The van der Waals surface area contributed by atoms with E-state index in [-0.39, 0.29) is 0 Å². The average molecular weight is 217 g/mol. The third-order valence-electron chi connectivity index (χ3n) is 2.32. The minimum absolute atomic E-state index is 0.778. The van der Waals surface area contributed by atoms with Crippen LogP contribution in [0.1, 0.15) is 0 Å². The SMILES string of the molecule is COc1cccc2c1ccn2/C=C/C(=O)O. The summed E-state index contributed by atoms with van der Waals surface area (Å²) in [6.07, 6.45) is 4.40. The van der Waals surface area contributed by atoms with Crippen LogP contribution in [0.2, 0.25) is 0 Å². The van der Waals surface area contributed by atoms with E-state index in [9.17, 15) is 4.79 Å². The van der Waals surface area contributed by atoms with Crippen molar-refractivity contribution < 1.29 is 14.6 Å². The van der Waals surface area contributed by atoms with Gasteiger partial charge in [-0.05, 0) is 18.2 Å². The standard InChI is InChI=1S/C12H11NO3/c1-16-11-4-2-3-10-9(11)5-7-13(10)8-6-12(14)15/h2-8H,1H3,(H,14,15)/b8-6+. The molecule has 0 aliphatic carbocycles. The number of rotatable bonds is 3. The van der Waals surface area contributed by atoms with Crippen molar-refractivity contribution in [2.45, 2.75) is 0 Å². The molecule has 0 atom stereocenters. The molecular formula is C12H11NO3. The van der Waals surface area contributed by atoms with E-state index in [1.807, 2.05) is 24.3 Å². The Morgan fingerprint density at radius 3 is 2.94 bits per heavy atom. The predicted octanol–water partition coefficient (Wildman–Crippen LogP) is 2.21. The second-order valence-corrected chi connectivity index (χ2v) is 3.27. The molecule has 0 aliphatic heterocycles. The number of methoxy groups -OCH3 is 1.